The van der Waals surface area contributed by atoms with Gasteiger partial charge in [-0.2, -0.15) is 13.2 Å². The van der Waals surface area contributed by atoms with Crippen LogP contribution in [-0.4, -0.2) is 83.8 Å². The van der Waals surface area contributed by atoms with Gasteiger partial charge in [0.25, 0.3) is 0 Å². The fourth-order valence-corrected chi connectivity index (χ4v) is 7.27. The summed E-state index contributed by atoms with van der Waals surface area (Å²) in [5.74, 6) is -5.59. The minimum absolute atomic E-state index is 0.0412. The Morgan fingerprint density at radius 3 is 2.20 bits per heavy atom. The number of esters is 2. The fourth-order valence-electron chi connectivity index (χ4n) is 5.79. The van der Waals surface area contributed by atoms with Crippen molar-refractivity contribution in [3.8, 4) is 11.5 Å². The molecule has 55 heavy (non-hydrogen) atoms. The Balaban J connectivity index is 1.38. The Bertz CT molecular complexity index is 1810. The highest BCUT2D eigenvalue weighted by Crippen LogP contribution is 2.56. The minimum atomic E-state index is -5.29. The molecule has 1 heterocycles. The number of halogens is 3. The van der Waals surface area contributed by atoms with Gasteiger partial charge in [-0.25, -0.2) is 9.59 Å². The molecule has 1 saturated heterocycles. The predicted molar refractivity (Wildman–Crippen MR) is 195 cm³/mol. The number of hydrogen-bond acceptors (Lipinski definition) is 11. The molecule has 3 amide bonds. The molecule has 4 rings (SSSR count). The van der Waals surface area contributed by atoms with Crippen LogP contribution in [0.1, 0.15) is 58.5 Å². The lowest BCUT2D eigenvalue weighted by molar-refractivity contribution is -0.189. The first-order valence-electron chi connectivity index (χ1n) is 17.2. The molecule has 0 saturated carbocycles. The standard InChI is InChI=1S/C37H43F3N4O10S/c1-23(45)42-28(20-24-9-4-3-5-10-24)34(47)43-27(19-25-13-15-26(16-14-25)31-21-32(46)44-55(31,50)51)22-41-17-6-7-18-53-29-11-8-12-30(33(29)35(48)52-2)54-36(49)37(38,39)40/h3-5,8-16,27-28,31,41,50-51H,6-7,17-22H2,1-2H3,(H,42,45)(H,43,47)(H,44,46)/t27-,28+,31?/m1/s1. The molecule has 14 nitrogen and oxygen atoms in total. The van der Waals surface area contributed by atoms with E-state index >= 15 is 0 Å². The van der Waals surface area contributed by atoms with Gasteiger partial charge in [0.1, 0.15) is 28.4 Å². The van der Waals surface area contributed by atoms with Crippen molar-refractivity contribution in [3.05, 3.63) is 95.1 Å². The fraction of sp³-hybridized carbons (Fsp3) is 0.378. The van der Waals surface area contributed by atoms with Gasteiger partial charge < -0.3 is 30.2 Å². The molecule has 0 spiro atoms. The van der Waals surface area contributed by atoms with Gasteiger partial charge in [-0.05, 0) is 54.6 Å². The van der Waals surface area contributed by atoms with E-state index in [1.807, 2.05) is 30.3 Å². The Hall–Kier alpha value is -5.17. The normalized spacial score (nSPS) is 16.6. The SMILES string of the molecule is COC(=O)c1c(OCCCCNC[C@@H](Cc2ccc(C3CC(=O)NS3(O)O)cc2)NC(=O)[C@H](Cc2ccccc2)NC(C)=O)cccc1OC(=O)C(F)(F)F. The molecule has 3 atom stereocenters. The van der Waals surface area contributed by atoms with E-state index < -0.39 is 69.4 Å². The molecule has 6 N–H and O–H groups in total. The number of hydrogen-bond donors (Lipinski definition) is 6. The van der Waals surface area contributed by atoms with Gasteiger partial charge in [0.15, 0.2) is 0 Å². The monoisotopic (exact) mass is 792 g/mol. The van der Waals surface area contributed by atoms with Crippen molar-refractivity contribution in [1.29, 1.82) is 0 Å². The summed E-state index contributed by atoms with van der Waals surface area (Å²) in [5, 5.41) is 8.26. The largest absolute Gasteiger partial charge is 0.493 e. The van der Waals surface area contributed by atoms with Crippen molar-refractivity contribution < 1.29 is 60.5 Å². The van der Waals surface area contributed by atoms with Crippen molar-refractivity contribution >= 4 is 40.4 Å². The van der Waals surface area contributed by atoms with Gasteiger partial charge in [0.05, 0.1) is 20.1 Å². The van der Waals surface area contributed by atoms with Crippen molar-refractivity contribution in [1.82, 2.24) is 20.7 Å². The molecule has 298 valence electrons. The lowest BCUT2D eigenvalue weighted by atomic mass is 10.0. The van der Waals surface area contributed by atoms with E-state index in [-0.39, 0.29) is 31.1 Å². The Kier molecular flexibility index (Phi) is 15.0. The van der Waals surface area contributed by atoms with Crippen molar-refractivity contribution in [2.45, 2.75) is 62.5 Å². The van der Waals surface area contributed by atoms with E-state index in [2.05, 4.69) is 30.1 Å². The lowest BCUT2D eigenvalue weighted by Crippen LogP contribution is -2.53. The van der Waals surface area contributed by atoms with Crippen LogP contribution >= 0.6 is 10.8 Å². The summed E-state index contributed by atoms with van der Waals surface area (Å²) in [7, 11) is -2.31. The molecule has 3 aromatic rings. The summed E-state index contributed by atoms with van der Waals surface area (Å²) in [4.78, 5) is 61.2. The molecule has 0 aromatic heterocycles. The molecule has 0 bridgehead atoms. The zero-order chi connectivity index (χ0) is 40.2. The van der Waals surface area contributed by atoms with E-state index in [1.165, 1.54) is 19.1 Å². The third-order valence-electron chi connectivity index (χ3n) is 8.40. The second-order valence-electron chi connectivity index (χ2n) is 12.7. The summed E-state index contributed by atoms with van der Waals surface area (Å²) in [6, 6.07) is 18.5. The number of unbranched alkanes of at least 4 members (excludes halogenated alkanes) is 1. The minimum Gasteiger partial charge on any atom is -0.493 e. The maximum Gasteiger partial charge on any atom is 0.491 e. The van der Waals surface area contributed by atoms with Crippen LogP contribution in [-0.2, 0) is 36.8 Å². The number of amides is 3. The van der Waals surface area contributed by atoms with Crippen molar-refractivity contribution in [3.63, 3.8) is 0 Å². The highest BCUT2D eigenvalue weighted by atomic mass is 32.3. The molecule has 0 radical (unpaired) electrons. The van der Waals surface area contributed by atoms with E-state index in [9.17, 15) is 46.2 Å². The second kappa shape index (κ2) is 19.4. The Labute approximate surface area is 317 Å². The van der Waals surface area contributed by atoms with Crippen LogP contribution in [0.15, 0.2) is 72.8 Å². The molecule has 0 aliphatic carbocycles. The molecule has 1 fully saturated rings. The van der Waals surface area contributed by atoms with Crippen LogP contribution in [0.5, 0.6) is 11.5 Å². The van der Waals surface area contributed by atoms with E-state index in [0.29, 0.717) is 37.9 Å². The number of benzene rings is 3. The van der Waals surface area contributed by atoms with Gasteiger partial charge in [-0.1, -0.05) is 60.7 Å². The van der Waals surface area contributed by atoms with Gasteiger partial charge in [-0.3, -0.25) is 28.2 Å². The smallest absolute Gasteiger partial charge is 0.491 e. The van der Waals surface area contributed by atoms with Crippen LogP contribution in [0.25, 0.3) is 0 Å². The summed E-state index contributed by atoms with van der Waals surface area (Å²) in [6.45, 7) is 2.11. The van der Waals surface area contributed by atoms with E-state index in [0.717, 1.165) is 24.3 Å². The summed E-state index contributed by atoms with van der Waals surface area (Å²) >= 11 is 0. The average molecular weight is 793 g/mol. The van der Waals surface area contributed by atoms with Gasteiger partial charge in [-0.15, -0.1) is 10.8 Å². The summed E-state index contributed by atoms with van der Waals surface area (Å²) < 4.78 is 75.9. The zero-order valence-electron chi connectivity index (χ0n) is 30.0. The zero-order valence-corrected chi connectivity index (χ0v) is 30.8. The van der Waals surface area contributed by atoms with Crippen LogP contribution in [0.4, 0.5) is 13.2 Å². The predicted octanol–water partition coefficient (Wildman–Crippen LogP) is 4.39. The summed E-state index contributed by atoms with van der Waals surface area (Å²) in [6.07, 6.45) is -3.77. The first-order valence-corrected chi connectivity index (χ1v) is 18.8. The number of alkyl halides is 3. The number of methoxy groups -OCH3 is 1. The van der Waals surface area contributed by atoms with Gasteiger partial charge in [0, 0.05) is 25.9 Å². The quantitative estimate of drug-likeness (QED) is 0.0606. The maximum absolute atomic E-state index is 13.6. The van der Waals surface area contributed by atoms with Crippen LogP contribution < -0.4 is 30.1 Å². The first kappa shape index (κ1) is 42.6. The topological polar surface area (TPSA) is 202 Å². The molecule has 1 aliphatic heterocycles. The van der Waals surface area contributed by atoms with Crippen molar-refractivity contribution in [2.75, 3.05) is 26.8 Å². The molecular weight excluding hydrogens is 749 g/mol. The van der Waals surface area contributed by atoms with Crippen LogP contribution in [0.3, 0.4) is 0 Å². The van der Waals surface area contributed by atoms with E-state index in [1.54, 1.807) is 24.3 Å². The number of nitrogens with one attached hydrogen (secondary N) is 4. The Morgan fingerprint density at radius 2 is 1.58 bits per heavy atom. The maximum atomic E-state index is 13.6. The molecule has 1 aliphatic rings. The summed E-state index contributed by atoms with van der Waals surface area (Å²) in [5.41, 5.74) is 1.76. The number of carbonyl (C=O) groups is 5. The molecule has 18 heteroatoms. The highest BCUT2D eigenvalue weighted by Gasteiger charge is 2.42. The third-order valence-corrected chi connectivity index (χ3v) is 10.2. The van der Waals surface area contributed by atoms with Crippen LogP contribution in [0, 0.1) is 0 Å². The highest BCUT2D eigenvalue weighted by molar-refractivity contribution is 8.23. The molecule has 1 unspecified atom stereocenters. The number of rotatable bonds is 18. The number of carbonyl (C=O) groups excluding carboxylic acids is 5. The Morgan fingerprint density at radius 1 is 0.909 bits per heavy atom. The van der Waals surface area contributed by atoms with Gasteiger partial charge >= 0.3 is 18.1 Å². The number of ether oxygens (including phenoxy) is 3. The second-order valence-corrected chi connectivity index (χ2v) is 14.6. The van der Waals surface area contributed by atoms with Crippen molar-refractivity contribution in [2.24, 2.45) is 0 Å². The molecular formula is C37H43F3N4O10S. The lowest BCUT2D eigenvalue weighted by Gasteiger charge is -2.33. The van der Waals surface area contributed by atoms with E-state index in [4.69, 9.17) is 4.74 Å². The average Bonchev–Trinajstić information content (AvgIpc) is 3.41. The third kappa shape index (κ3) is 12.7. The van der Waals surface area contributed by atoms with Gasteiger partial charge in [0.2, 0.25) is 17.7 Å². The molecule has 3 aromatic carbocycles. The first-order chi connectivity index (χ1) is 26.1. The van der Waals surface area contributed by atoms with Crippen LogP contribution in [0.2, 0.25) is 0 Å².